The van der Waals surface area contributed by atoms with Gasteiger partial charge in [-0.05, 0) is 12.2 Å². The summed E-state index contributed by atoms with van der Waals surface area (Å²) in [6.45, 7) is 0.847. The Hall–Kier alpha value is -0.940. The minimum atomic E-state index is -0.138. The number of hydrogen-bond donors (Lipinski definition) is 2. The summed E-state index contributed by atoms with van der Waals surface area (Å²) < 4.78 is 5.41. The van der Waals surface area contributed by atoms with Gasteiger partial charge in [0.2, 0.25) is 0 Å². The van der Waals surface area contributed by atoms with Gasteiger partial charge in [0.1, 0.15) is 0 Å². The van der Waals surface area contributed by atoms with E-state index in [1.807, 2.05) is 0 Å². The highest BCUT2D eigenvalue weighted by Crippen LogP contribution is 2.11. The van der Waals surface area contributed by atoms with E-state index in [9.17, 15) is 4.79 Å². The fraction of sp³-hybridized carbons (Fsp3) is 0.333. The zero-order valence-electron chi connectivity index (χ0n) is 5.64. The van der Waals surface area contributed by atoms with Crippen LogP contribution in [0.1, 0.15) is 11.3 Å². The zero-order valence-corrected chi connectivity index (χ0v) is 6.46. The normalized spacial score (nSPS) is 14.9. The van der Waals surface area contributed by atoms with Gasteiger partial charge in [0.25, 0.3) is 5.56 Å². The number of aromatic nitrogens is 2. The number of fused-ring (bicyclic) bond motifs is 1. The molecule has 1 aliphatic rings. The summed E-state index contributed by atoms with van der Waals surface area (Å²) in [6, 6.07) is 0. The quantitative estimate of drug-likeness (QED) is 0.556. The lowest BCUT2D eigenvalue weighted by Gasteiger charge is -1.92. The molecule has 1 aromatic heterocycles. The van der Waals surface area contributed by atoms with Crippen LogP contribution in [-0.4, -0.2) is 9.97 Å². The van der Waals surface area contributed by atoms with E-state index >= 15 is 0 Å². The van der Waals surface area contributed by atoms with E-state index in [1.165, 1.54) is 0 Å². The summed E-state index contributed by atoms with van der Waals surface area (Å²) in [5.41, 5.74) is 1.33. The Balaban J connectivity index is 2.80. The standard InChI is InChI=1S/C6H6N2O2S/c9-5-3-1-10-2-4(3)7-6(11)8-5/h1-2H2,(H2,7,8,9,11). The van der Waals surface area contributed by atoms with Crippen LogP contribution in [0.25, 0.3) is 0 Å². The molecule has 0 atom stereocenters. The predicted octanol–water partition coefficient (Wildman–Crippen LogP) is 0.463. The van der Waals surface area contributed by atoms with Crippen molar-refractivity contribution in [1.82, 2.24) is 9.97 Å². The molecule has 0 aliphatic carbocycles. The number of aromatic amines is 2. The molecule has 0 saturated carbocycles. The molecule has 58 valence electrons. The summed E-state index contributed by atoms with van der Waals surface area (Å²) >= 11 is 4.77. The van der Waals surface area contributed by atoms with E-state index in [4.69, 9.17) is 17.0 Å². The first-order chi connectivity index (χ1) is 5.27. The molecule has 2 N–H and O–H groups in total. The molecule has 5 heteroatoms. The highest BCUT2D eigenvalue weighted by atomic mass is 32.1. The van der Waals surface area contributed by atoms with Gasteiger partial charge in [-0.15, -0.1) is 0 Å². The first kappa shape index (κ1) is 6.75. The molecule has 0 aromatic carbocycles. The van der Waals surface area contributed by atoms with E-state index in [0.29, 0.717) is 23.5 Å². The Morgan fingerprint density at radius 1 is 1.36 bits per heavy atom. The zero-order chi connectivity index (χ0) is 7.84. The van der Waals surface area contributed by atoms with Crippen LogP contribution in [0.2, 0.25) is 0 Å². The minimum Gasteiger partial charge on any atom is -0.370 e. The van der Waals surface area contributed by atoms with E-state index in [0.717, 1.165) is 5.69 Å². The predicted molar refractivity (Wildman–Crippen MR) is 40.7 cm³/mol. The van der Waals surface area contributed by atoms with Crippen molar-refractivity contribution in [3.8, 4) is 0 Å². The maximum atomic E-state index is 11.1. The van der Waals surface area contributed by atoms with E-state index < -0.39 is 0 Å². The number of ether oxygens (including phenoxy) is 1. The van der Waals surface area contributed by atoms with Crippen molar-refractivity contribution in [3.05, 3.63) is 26.4 Å². The van der Waals surface area contributed by atoms with Crippen molar-refractivity contribution in [2.45, 2.75) is 13.2 Å². The Labute approximate surface area is 67.2 Å². The van der Waals surface area contributed by atoms with Crippen molar-refractivity contribution in [3.63, 3.8) is 0 Å². The SMILES string of the molecule is O=c1[nH]c(=S)[nH]c2c1COC2. The lowest BCUT2D eigenvalue weighted by atomic mass is 10.3. The van der Waals surface area contributed by atoms with Gasteiger partial charge in [-0.25, -0.2) is 0 Å². The molecule has 4 nitrogen and oxygen atoms in total. The van der Waals surface area contributed by atoms with Crippen molar-refractivity contribution in [1.29, 1.82) is 0 Å². The third kappa shape index (κ3) is 1.02. The lowest BCUT2D eigenvalue weighted by molar-refractivity contribution is 0.133. The minimum absolute atomic E-state index is 0.138. The molecule has 0 spiro atoms. The molecular weight excluding hydrogens is 164 g/mol. The average Bonchev–Trinajstić information content (AvgIpc) is 2.34. The molecule has 0 radical (unpaired) electrons. The Morgan fingerprint density at radius 3 is 3.00 bits per heavy atom. The van der Waals surface area contributed by atoms with Gasteiger partial charge in [0, 0.05) is 0 Å². The summed E-state index contributed by atoms with van der Waals surface area (Å²) in [6.07, 6.45) is 0. The summed E-state index contributed by atoms with van der Waals surface area (Å²) in [7, 11) is 0. The number of hydrogen-bond acceptors (Lipinski definition) is 3. The second-order valence-electron chi connectivity index (χ2n) is 2.36. The van der Waals surface area contributed by atoms with Crippen LogP contribution in [0.15, 0.2) is 4.79 Å². The molecule has 11 heavy (non-hydrogen) atoms. The fourth-order valence-electron chi connectivity index (χ4n) is 1.09. The van der Waals surface area contributed by atoms with Gasteiger partial charge in [0.15, 0.2) is 4.77 Å². The first-order valence-electron chi connectivity index (χ1n) is 3.19. The van der Waals surface area contributed by atoms with Crippen molar-refractivity contribution in [2.75, 3.05) is 0 Å². The van der Waals surface area contributed by atoms with Crippen molar-refractivity contribution in [2.24, 2.45) is 0 Å². The molecule has 1 aromatic rings. The average molecular weight is 170 g/mol. The van der Waals surface area contributed by atoms with Crippen LogP contribution in [0.4, 0.5) is 0 Å². The van der Waals surface area contributed by atoms with Gasteiger partial charge in [-0.1, -0.05) is 0 Å². The maximum absolute atomic E-state index is 11.1. The van der Waals surface area contributed by atoms with Crippen molar-refractivity contribution < 1.29 is 4.74 Å². The third-order valence-corrected chi connectivity index (χ3v) is 1.83. The molecule has 2 rings (SSSR count). The van der Waals surface area contributed by atoms with Gasteiger partial charge in [0.05, 0.1) is 24.5 Å². The van der Waals surface area contributed by atoms with Gasteiger partial charge in [-0.2, -0.15) is 0 Å². The lowest BCUT2D eigenvalue weighted by Crippen LogP contribution is -2.13. The van der Waals surface area contributed by atoms with Crippen LogP contribution < -0.4 is 5.56 Å². The van der Waals surface area contributed by atoms with Crippen LogP contribution in [0.5, 0.6) is 0 Å². The van der Waals surface area contributed by atoms with Crippen molar-refractivity contribution >= 4 is 12.2 Å². The molecule has 0 bridgehead atoms. The molecule has 0 amide bonds. The number of rotatable bonds is 0. The topological polar surface area (TPSA) is 57.9 Å². The van der Waals surface area contributed by atoms with E-state index in [-0.39, 0.29) is 5.56 Å². The summed E-state index contributed by atoms with van der Waals surface area (Å²) in [4.78, 5) is 16.5. The Morgan fingerprint density at radius 2 is 2.18 bits per heavy atom. The van der Waals surface area contributed by atoms with Crippen LogP contribution in [0, 0.1) is 4.77 Å². The summed E-state index contributed by atoms with van der Waals surface area (Å²) in [5, 5.41) is 0. The molecule has 0 fully saturated rings. The Bertz CT molecular complexity index is 392. The highest BCUT2D eigenvalue weighted by molar-refractivity contribution is 7.71. The molecule has 1 aliphatic heterocycles. The maximum Gasteiger partial charge on any atom is 0.257 e. The highest BCUT2D eigenvalue weighted by Gasteiger charge is 2.14. The molecule has 2 heterocycles. The van der Waals surface area contributed by atoms with Gasteiger partial charge < -0.3 is 9.72 Å². The second kappa shape index (κ2) is 2.28. The van der Waals surface area contributed by atoms with Crippen LogP contribution in [-0.2, 0) is 18.0 Å². The van der Waals surface area contributed by atoms with Gasteiger partial charge >= 0.3 is 0 Å². The van der Waals surface area contributed by atoms with Gasteiger partial charge in [-0.3, -0.25) is 9.78 Å². The number of H-pyrrole nitrogens is 2. The smallest absolute Gasteiger partial charge is 0.257 e. The van der Waals surface area contributed by atoms with Crippen LogP contribution in [0.3, 0.4) is 0 Å². The largest absolute Gasteiger partial charge is 0.370 e. The third-order valence-electron chi connectivity index (χ3n) is 1.62. The Kier molecular flexibility index (Phi) is 1.40. The second-order valence-corrected chi connectivity index (χ2v) is 2.77. The molecule has 0 unspecified atom stereocenters. The molecule has 0 saturated heterocycles. The molecular formula is C6H6N2O2S. The number of nitrogens with one attached hydrogen (secondary N) is 2. The summed E-state index contributed by atoms with van der Waals surface area (Å²) in [5.74, 6) is 0. The fourth-order valence-corrected chi connectivity index (χ4v) is 1.31. The van der Waals surface area contributed by atoms with E-state index in [2.05, 4.69) is 9.97 Å². The van der Waals surface area contributed by atoms with E-state index in [1.54, 1.807) is 0 Å². The first-order valence-corrected chi connectivity index (χ1v) is 3.60. The monoisotopic (exact) mass is 170 g/mol. The van der Waals surface area contributed by atoms with Crippen LogP contribution >= 0.6 is 12.2 Å².